The Labute approximate surface area is 66.1 Å². The zero-order valence-corrected chi connectivity index (χ0v) is 6.16. The van der Waals surface area contributed by atoms with Crippen molar-refractivity contribution in [3.05, 3.63) is 18.5 Å². The zero-order chi connectivity index (χ0) is 9.61. The molecule has 1 heterocycles. The van der Waals surface area contributed by atoms with Crippen LogP contribution in [0.1, 0.15) is 0 Å². The minimum atomic E-state index is -6.00. The first kappa shape index (κ1) is 10.8. The summed E-state index contributed by atoms with van der Waals surface area (Å²) in [5, 5.41) is 7.24. The molecule has 0 fully saturated rings. The first-order valence-corrected chi connectivity index (χ1v) is 2.90. The van der Waals surface area contributed by atoms with Crippen molar-refractivity contribution >= 4 is 7.25 Å². The van der Waals surface area contributed by atoms with Gasteiger partial charge in [-0.3, -0.25) is 0 Å². The predicted molar refractivity (Wildman–Crippen MR) is 33.4 cm³/mol. The zero-order valence-electron chi connectivity index (χ0n) is 6.16. The molecule has 0 saturated carbocycles. The molecule has 0 atom stereocenters. The highest BCUT2D eigenvalue weighted by atomic mass is 19.5. The lowest BCUT2D eigenvalue weighted by atomic mass is 10.3. The lowest BCUT2D eigenvalue weighted by Crippen LogP contribution is -2.32. The highest BCUT2D eigenvalue weighted by Gasteiger charge is 2.20. The van der Waals surface area contributed by atoms with Gasteiger partial charge in [0, 0.05) is 6.07 Å². The second kappa shape index (κ2) is 4.63. The van der Waals surface area contributed by atoms with E-state index in [2.05, 4.69) is 10.3 Å². The number of halogens is 4. The predicted octanol–water partition coefficient (Wildman–Crippen LogP) is 0.601. The summed E-state index contributed by atoms with van der Waals surface area (Å²) >= 11 is 0. The van der Waals surface area contributed by atoms with Crippen LogP contribution in [0.2, 0.25) is 0 Å². The van der Waals surface area contributed by atoms with Crippen molar-refractivity contribution < 1.29 is 21.9 Å². The monoisotopic (exact) mass is 183 g/mol. The summed E-state index contributed by atoms with van der Waals surface area (Å²) < 4.78 is 40.6. The summed E-state index contributed by atoms with van der Waals surface area (Å²) in [4.78, 5) is 0. The molecule has 1 rings (SSSR count). The quantitative estimate of drug-likeness (QED) is 0.334. The van der Waals surface area contributed by atoms with Crippen LogP contribution in [0.5, 0.6) is 0 Å². The van der Waals surface area contributed by atoms with Gasteiger partial charge in [0.25, 0.3) is 0 Å². The third-order valence-electron chi connectivity index (χ3n) is 0.647. The molecular weight excluding hydrogens is 177 g/mol. The summed E-state index contributed by atoms with van der Waals surface area (Å²) in [6, 6.07) is 1.83. The molecule has 0 aliphatic carbocycles. The smallest absolute Gasteiger partial charge is 0.418 e. The van der Waals surface area contributed by atoms with Gasteiger partial charge in [0.1, 0.15) is 18.5 Å². The molecule has 1 aromatic rings. The van der Waals surface area contributed by atoms with E-state index in [0.29, 0.717) is 0 Å². The fourth-order valence-electron chi connectivity index (χ4n) is 0.343. The van der Waals surface area contributed by atoms with Gasteiger partial charge >= 0.3 is 7.25 Å². The summed E-state index contributed by atoms with van der Waals surface area (Å²) in [5.41, 5.74) is 0. The molecule has 0 amide bonds. The number of hydrogen-bond donors (Lipinski definition) is 0. The second-order valence-corrected chi connectivity index (χ2v) is 1.76. The molecule has 68 valence electrons. The molecule has 0 bridgehead atoms. The summed E-state index contributed by atoms with van der Waals surface area (Å²) in [7, 11) is -4.17. The Balaban J connectivity index is 0.000000217. The van der Waals surface area contributed by atoms with E-state index in [1.54, 1.807) is 10.9 Å². The molecule has 12 heavy (non-hydrogen) atoms. The van der Waals surface area contributed by atoms with Crippen LogP contribution < -0.4 is 4.68 Å². The van der Waals surface area contributed by atoms with Crippen LogP contribution in [0.15, 0.2) is 18.5 Å². The SMILES string of the molecule is C[n+]1cccnn1.F[B-](F)(F)F. The van der Waals surface area contributed by atoms with Crippen molar-refractivity contribution in [2.45, 2.75) is 0 Å². The van der Waals surface area contributed by atoms with Crippen LogP contribution in [0.25, 0.3) is 0 Å². The van der Waals surface area contributed by atoms with E-state index in [0.717, 1.165) is 0 Å². The van der Waals surface area contributed by atoms with Gasteiger partial charge in [0.15, 0.2) is 6.20 Å². The van der Waals surface area contributed by atoms with E-state index in [4.69, 9.17) is 0 Å². The first-order chi connectivity index (χ1) is 5.39. The molecule has 0 aliphatic heterocycles. The van der Waals surface area contributed by atoms with Crippen molar-refractivity contribution in [1.29, 1.82) is 0 Å². The summed E-state index contributed by atoms with van der Waals surface area (Å²) in [6.07, 6.45) is 3.47. The van der Waals surface area contributed by atoms with E-state index in [1.165, 1.54) is 0 Å². The van der Waals surface area contributed by atoms with Gasteiger partial charge in [-0.25, -0.2) is 0 Å². The van der Waals surface area contributed by atoms with Crippen LogP contribution in [0, 0.1) is 0 Å². The maximum absolute atomic E-state index is 9.75. The Bertz CT molecular complexity index is 207. The van der Waals surface area contributed by atoms with Gasteiger partial charge in [-0.15, -0.1) is 4.68 Å². The maximum atomic E-state index is 9.75. The lowest BCUT2D eigenvalue weighted by Gasteiger charge is -1.94. The molecule has 3 nitrogen and oxygen atoms in total. The third-order valence-corrected chi connectivity index (χ3v) is 0.647. The van der Waals surface area contributed by atoms with Gasteiger partial charge in [-0.05, 0) is 0 Å². The Hall–Kier alpha value is -1.21. The summed E-state index contributed by atoms with van der Waals surface area (Å²) in [5.74, 6) is 0. The second-order valence-electron chi connectivity index (χ2n) is 1.76. The van der Waals surface area contributed by atoms with Crippen LogP contribution in [0.4, 0.5) is 17.3 Å². The third kappa shape index (κ3) is 11.6. The fourth-order valence-corrected chi connectivity index (χ4v) is 0.343. The normalized spacial score (nSPS) is 10.1. The topological polar surface area (TPSA) is 29.7 Å². The van der Waals surface area contributed by atoms with Crippen LogP contribution in [0.3, 0.4) is 0 Å². The van der Waals surface area contributed by atoms with E-state index in [9.17, 15) is 17.3 Å². The molecule has 1 aromatic heterocycles. The first-order valence-electron chi connectivity index (χ1n) is 2.90. The van der Waals surface area contributed by atoms with Gasteiger partial charge in [-0.2, -0.15) is 0 Å². The Morgan fingerprint density at radius 1 is 1.25 bits per heavy atom. The van der Waals surface area contributed by atoms with Crippen molar-refractivity contribution in [1.82, 2.24) is 10.3 Å². The van der Waals surface area contributed by atoms with Gasteiger partial charge in [0.2, 0.25) is 0 Å². The van der Waals surface area contributed by atoms with Gasteiger partial charge in [-0.1, -0.05) is 0 Å². The number of hydrogen-bond acceptors (Lipinski definition) is 2. The van der Waals surface area contributed by atoms with Crippen molar-refractivity contribution in [2.75, 3.05) is 0 Å². The van der Waals surface area contributed by atoms with Gasteiger partial charge in [0.05, 0.1) is 5.10 Å². The minimum absolute atomic E-state index is 1.64. The molecule has 0 spiro atoms. The maximum Gasteiger partial charge on any atom is 0.673 e. The van der Waals surface area contributed by atoms with E-state index in [-0.39, 0.29) is 0 Å². The molecule has 8 heteroatoms. The number of nitrogens with zero attached hydrogens (tertiary/aromatic N) is 3. The average Bonchev–Trinajstić information content (AvgIpc) is 1.85. The molecule has 0 N–H and O–H groups in total. The molecule has 0 radical (unpaired) electrons. The van der Waals surface area contributed by atoms with Crippen LogP contribution >= 0.6 is 0 Å². The standard InChI is InChI=1S/C4H6N3.BF4/c1-7-4-2-3-5-6-7;2-1(3,4)5/h2-4H,1H3;/q+1;-1. The van der Waals surface area contributed by atoms with Gasteiger partial charge < -0.3 is 17.3 Å². The lowest BCUT2D eigenvalue weighted by molar-refractivity contribution is -0.736. The molecule has 0 saturated heterocycles. The van der Waals surface area contributed by atoms with Crippen molar-refractivity contribution in [3.8, 4) is 0 Å². The highest BCUT2D eigenvalue weighted by Crippen LogP contribution is 2.06. The number of aromatic nitrogens is 3. The number of aryl methyl sites for hydroxylation is 1. The highest BCUT2D eigenvalue weighted by molar-refractivity contribution is 6.50. The molecule has 0 aromatic carbocycles. The fraction of sp³-hybridized carbons (Fsp3) is 0.250. The Morgan fingerprint density at radius 2 is 1.75 bits per heavy atom. The molecule has 0 unspecified atom stereocenters. The average molecular weight is 183 g/mol. The van der Waals surface area contributed by atoms with Crippen molar-refractivity contribution in [2.24, 2.45) is 7.05 Å². The summed E-state index contributed by atoms with van der Waals surface area (Å²) in [6.45, 7) is 0. The van der Waals surface area contributed by atoms with E-state index in [1.807, 2.05) is 19.3 Å². The Morgan fingerprint density at radius 3 is 1.92 bits per heavy atom. The van der Waals surface area contributed by atoms with Crippen molar-refractivity contribution in [3.63, 3.8) is 0 Å². The van der Waals surface area contributed by atoms with E-state index < -0.39 is 7.25 Å². The number of rotatable bonds is 0. The minimum Gasteiger partial charge on any atom is -0.418 e. The van der Waals surface area contributed by atoms with E-state index >= 15 is 0 Å². The Kier molecular flexibility index (Phi) is 4.16. The van der Waals surface area contributed by atoms with Crippen LogP contribution in [-0.2, 0) is 7.05 Å². The molecular formula is C4H6BF4N3. The molecule has 0 aliphatic rings. The van der Waals surface area contributed by atoms with Crippen LogP contribution in [-0.4, -0.2) is 17.6 Å². The largest absolute Gasteiger partial charge is 0.673 e.